The Bertz CT molecular complexity index is 837. The molecule has 184 valence electrons. The summed E-state index contributed by atoms with van der Waals surface area (Å²) >= 11 is 0. The fraction of sp³-hybridized carbons (Fsp3) is 0.640. The summed E-state index contributed by atoms with van der Waals surface area (Å²) in [5.74, 6) is -0.460. The third kappa shape index (κ3) is 8.68. The third-order valence-electron chi connectivity index (χ3n) is 5.05. The maximum atomic E-state index is 12.8. The van der Waals surface area contributed by atoms with Crippen molar-refractivity contribution in [2.75, 3.05) is 24.5 Å². The smallest absolute Gasteiger partial charge is 0.408 e. The van der Waals surface area contributed by atoms with Crippen molar-refractivity contribution in [3.05, 3.63) is 29.8 Å². The molecule has 1 N–H and O–H groups in total. The van der Waals surface area contributed by atoms with Gasteiger partial charge in [-0.2, -0.15) is 0 Å². The molecule has 1 heterocycles. The molecule has 1 aromatic rings. The number of amides is 2. The summed E-state index contributed by atoms with van der Waals surface area (Å²) in [4.78, 5) is 41.6. The van der Waals surface area contributed by atoms with Crippen LogP contribution in [0.1, 0.15) is 61.0 Å². The highest BCUT2D eigenvalue weighted by atomic mass is 16.6. The van der Waals surface area contributed by atoms with Gasteiger partial charge in [0.25, 0.3) is 0 Å². The lowest BCUT2D eigenvalue weighted by molar-refractivity contribution is -0.157. The monoisotopic (exact) mass is 461 g/mol. The van der Waals surface area contributed by atoms with Crippen LogP contribution < -0.4 is 10.2 Å². The van der Waals surface area contributed by atoms with E-state index in [4.69, 9.17) is 9.47 Å². The lowest BCUT2D eigenvalue weighted by atomic mass is 10.0. The van der Waals surface area contributed by atoms with Gasteiger partial charge in [-0.1, -0.05) is 12.1 Å². The number of nitrogens with zero attached hydrogens (tertiary/aromatic N) is 2. The molecule has 8 heteroatoms. The second kappa shape index (κ2) is 10.5. The average molecular weight is 462 g/mol. The highest BCUT2D eigenvalue weighted by molar-refractivity contribution is 5.95. The summed E-state index contributed by atoms with van der Waals surface area (Å²) in [6, 6.07) is 6.91. The number of ether oxygens (including phenoxy) is 2. The Labute approximate surface area is 197 Å². The van der Waals surface area contributed by atoms with Gasteiger partial charge in [0.05, 0.1) is 6.54 Å². The molecule has 1 aromatic carbocycles. The average Bonchev–Trinajstić information content (AvgIpc) is 2.65. The third-order valence-corrected chi connectivity index (χ3v) is 5.05. The van der Waals surface area contributed by atoms with E-state index in [2.05, 4.69) is 24.1 Å². The fourth-order valence-electron chi connectivity index (χ4n) is 3.47. The molecule has 0 aromatic heterocycles. The number of rotatable bonds is 6. The molecule has 2 rings (SSSR count). The van der Waals surface area contributed by atoms with Crippen LogP contribution in [-0.4, -0.2) is 65.8 Å². The molecule has 1 aliphatic rings. The van der Waals surface area contributed by atoms with Crippen molar-refractivity contribution in [1.29, 1.82) is 0 Å². The van der Waals surface area contributed by atoms with E-state index < -0.39 is 29.3 Å². The van der Waals surface area contributed by atoms with Crippen LogP contribution in [0.25, 0.3) is 0 Å². The molecule has 0 radical (unpaired) electrons. The molecule has 2 amide bonds. The van der Waals surface area contributed by atoms with Crippen molar-refractivity contribution < 1.29 is 23.9 Å². The molecule has 33 heavy (non-hydrogen) atoms. The van der Waals surface area contributed by atoms with E-state index in [9.17, 15) is 14.4 Å². The Morgan fingerprint density at radius 1 is 0.970 bits per heavy atom. The number of anilines is 1. The number of esters is 1. The minimum atomic E-state index is -0.902. The van der Waals surface area contributed by atoms with E-state index in [0.29, 0.717) is 19.1 Å². The number of carbonyl (C=O) groups is 3. The van der Waals surface area contributed by atoms with E-state index in [0.717, 1.165) is 17.8 Å². The molecule has 1 atom stereocenters. The largest absolute Gasteiger partial charge is 0.458 e. The molecular formula is C25H39N3O5. The molecule has 0 bridgehead atoms. The molecule has 0 aliphatic carbocycles. The summed E-state index contributed by atoms with van der Waals surface area (Å²) in [5.41, 5.74) is 0.281. The normalized spacial score (nSPS) is 16.5. The van der Waals surface area contributed by atoms with E-state index in [1.165, 1.54) is 0 Å². The van der Waals surface area contributed by atoms with Crippen LogP contribution in [0.15, 0.2) is 24.3 Å². The van der Waals surface area contributed by atoms with Gasteiger partial charge in [-0.3, -0.25) is 9.69 Å². The Hall–Kier alpha value is -2.61. The molecule has 1 fully saturated rings. The zero-order valence-corrected chi connectivity index (χ0v) is 21.2. The Balaban J connectivity index is 2.11. The van der Waals surface area contributed by atoms with Crippen molar-refractivity contribution in [3.63, 3.8) is 0 Å². The first-order valence-corrected chi connectivity index (χ1v) is 11.5. The van der Waals surface area contributed by atoms with Crippen LogP contribution >= 0.6 is 0 Å². The predicted octanol–water partition coefficient (Wildman–Crippen LogP) is 3.52. The number of hydrogen-bond acceptors (Lipinski definition) is 6. The quantitative estimate of drug-likeness (QED) is 0.652. The zero-order valence-electron chi connectivity index (χ0n) is 21.2. The molecule has 1 unspecified atom stereocenters. The summed E-state index contributed by atoms with van der Waals surface area (Å²) in [7, 11) is 0. The summed E-state index contributed by atoms with van der Waals surface area (Å²) in [6.45, 7) is 16.7. The number of alkyl carbamates (subject to hydrolysis) is 1. The van der Waals surface area contributed by atoms with E-state index >= 15 is 0 Å². The minimum absolute atomic E-state index is 0.0703. The zero-order chi connectivity index (χ0) is 25.0. The van der Waals surface area contributed by atoms with Crippen LogP contribution in [0.3, 0.4) is 0 Å². The minimum Gasteiger partial charge on any atom is -0.458 e. The first-order chi connectivity index (χ1) is 15.1. The molecule has 0 spiro atoms. The van der Waals surface area contributed by atoms with Gasteiger partial charge < -0.3 is 19.7 Å². The molecular weight excluding hydrogens is 422 g/mol. The number of nitrogens with one attached hydrogen (secondary N) is 1. The van der Waals surface area contributed by atoms with Gasteiger partial charge in [-0.25, -0.2) is 9.59 Å². The second-order valence-electron chi connectivity index (χ2n) is 10.7. The van der Waals surface area contributed by atoms with Crippen molar-refractivity contribution in [3.8, 4) is 0 Å². The van der Waals surface area contributed by atoms with Gasteiger partial charge in [-0.05, 0) is 73.1 Å². The van der Waals surface area contributed by atoms with Gasteiger partial charge in [0.1, 0.15) is 17.2 Å². The fourth-order valence-corrected chi connectivity index (χ4v) is 3.47. The van der Waals surface area contributed by atoms with Crippen molar-refractivity contribution >= 4 is 23.7 Å². The van der Waals surface area contributed by atoms with Crippen LogP contribution in [0.4, 0.5) is 10.5 Å². The van der Waals surface area contributed by atoms with Gasteiger partial charge in [0.15, 0.2) is 0 Å². The maximum absolute atomic E-state index is 12.8. The van der Waals surface area contributed by atoms with Crippen LogP contribution in [0.5, 0.6) is 0 Å². The summed E-state index contributed by atoms with van der Waals surface area (Å²) in [6.07, 6.45) is -0.438. The van der Waals surface area contributed by atoms with Gasteiger partial charge >= 0.3 is 12.1 Å². The van der Waals surface area contributed by atoms with E-state index in [-0.39, 0.29) is 12.3 Å². The van der Waals surface area contributed by atoms with Crippen molar-refractivity contribution in [2.45, 2.75) is 85.1 Å². The number of piperazine rings is 1. The standard InChI is InChI=1S/C25H39N3O5/c1-17(2)27-13-14-28(21(29)16-27)19-11-9-18(10-12-19)15-20(22(30)32-24(3,4)5)26-23(31)33-25(6,7)8/h9-12,17,20H,13-16H2,1-8H3,(H,26,31). The maximum Gasteiger partial charge on any atom is 0.408 e. The highest BCUT2D eigenvalue weighted by Gasteiger charge is 2.30. The lowest BCUT2D eigenvalue weighted by Crippen LogP contribution is -2.52. The van der Waals surface area contributed by atoms with Crippen LogP contribution in [0.2, 0.25) is 0 Å². The summed E-state index contributed by atoms with van der Waals surface area (Å²) < 4.78 is 10.8. The first kappa shape index (κ1) is 26.6. The molecule has 1 aliphatic heterocycles. The Morgan fingerprint density at radius 2 is 1.55 bits per heavy atom. The van der Waals surface area contributed by atoms with Crippen molar-refractivity contribution in [1.82, 2.24) is 10.2 Å². The lowest BCUT2D eigenvalue weighted by Gasteiger charge is -2.36. The Morgan fingerprint density at radius 3 is 2.03 bits per heavy atom. The first-order valence-electron chi connectivity index (χ1n) is 11.5. The number of carbonyl (C=O) groups excluding carboxylic acids is 3. The highest BCUT2D eigenvalue weighted by Crippen LogP contribution is 2.20. The second-order valence-corrected chi connectivity index (χ2v) is 10.7. The van der Waals surface area contributed by atoms with E-state index in [1.807, 2.05) is 24.3 Å². The predicted molar refractivity (Wildman–Crippen MR) is 128 cm³/mol. The Kier molecular flexibility index (Phi) is 8.52. The van der Waals surface area contributed by atoms with E-state index in [1.54, 1.807) is 46.4 Å². The van der Waals surface area contributed by atoms with Gasteiger partial charge in [-0.15, -0.1) is 0 Å². The van der Waals surface area contributed by atoms with Crippen LogP contribution in [0, 0.1) is 0 Å². The summed E-state index contributed by atoms with van der Waals surface area (Å²) in [5, 5.41) is 2.64. The molecule has 1 saturated heterocycles. The SMILES string of the molecule is CC(C)N1CCN(c2ccc(CC(NC(=O)OC(C)(C)C)C(=O)OC(C)(C)C)cc2)C(=O)C1. The topological polar surface area (TPSA) is 88.2 Å². The van der Waals surface area contributed by atoms with Gasteiger partial charge in [0.2, 0.25) is 5.91 Å². The van der Waals surface area contributed by atoms with Crippen molar-refractivity contribution in [2.24, 2.45) is 0 Å². The molecule has 0 saturated carbocycles. The number of hydrogen-bond donors (Lipinski definition) is 1. The van der Waals surface area contributed by atoms with Gasteiger partial charge in [0, 0.05) is 31.2 Å². The number of benzene rings is 1. The molecule has 8 nitrogen and oxygen atoms in total. The van der Waals surface area contributed by atoms with Crippen LogP contribution in [-0.2, 0) is 25.5 Å².